The number of aryl methyl sites for hydroxylation is 1. The second-order valence-corrected chi connectivity index (χ2v) is 10.4. The molecule has 1 aliphatic rings. The number of amides is 1. The van der Waals surface area contributed by atoms with Crippen molar-refractivity contribution in [2.45, 2.75) is 45.7 Å². The van der Waals surface area contributed by atoms with E-state index in [1.807, 2.05) is 48.2 Å². The van der Waals surface area contributed by atoms with Crippen LogP contribution in [0.1, 0.15) is 52.7 Å². The summed E-state index contributed by atoms with van der Waals surface area (Å²) < 4.78 is 13.8. The summed E-state index contributed by atoms with van der Waals surface area (Å²) >= 11 is 0. The average Bonchev–Trinajstić information content (AvgIpc) is 3.26. The summed E-state index contributed by atoms with van der Waals surface area (Å²) in [4.78, 5) is 42.5. The molecular weight excluding hydrogens is 506 g/mol. The van der Waals surface area contributed by atoms with Crippen LogP contribution in [0.15, 0.2) is 70.3 Å². The van der Waals surface area contributed by atoms with Crippen LogP contribution in [0.5, 0.6) is 11.5 Å². The molecule has 4 aromatic rings. The minimum Gasteiger partial charge on any atom is -0.493 e. The molecule has 5 rings (SSSR count). The fraction of sp³-hybridized carbons (Fsp3) is 0.344. The quantitative estimate of drug-likeness (QED) is 0.342. The van der Waals surface area contributed by atoms with E-state index >= 15 is 0 Å². The van der Waals surface area contributed by atoms with E-state index in [0.29, 0.717) is 28.0 Å². The van der Waals surface area contributed by atoms with Gasteiger partial charge in [0.1, 0.15) is 0 Å². The zero-order chi connectivity index (χ0) is 28.2. The van der Waals surface area contributed by atoms with Crippen molar-refractivity contribution in [1.29, 1.82) is 0 Å². The number of aromatic nitrogens is 2. The molecule has 1 amide bonds. The summed E-state index contributed by atoms with van der Waals surface area (Å²) in [5, 5.41) is 0.359. The van der Waals surface area contributed by atoms with Crippen molar-refractivity contribution in [1.82, 2.24) is 14.0 Å². The van der Waals surface area contributed by atoms with Gasteiger partial charge in [0, 0.05) is 24.7 Å². The molecule has 0 atom stereocenters. The summed E-state index contributed by atoms with van der Waals surface area (Å²) in [6, 6.07) is 18.5. The van der Waals surface area contributed by atoms with E-state index in [9.17, 15) is 14.4 Å². The van der Waals surface area contributed by atoms with Crippen LogP contribution in [0.3, 0.4) is 0 Å². The minimum atomic E-state index is -0.420. The molecule has 0 spiro atoms. The van der Waals surface area contributed by atoms with Crippen molar-refractivity contribution in [2.75, 3.05) is 27.3 Å². The molecule has 0 bridgehead atoms. The van der Waals surface area contributed by atoms with E-state index in [0.717, 1.165) is 55.5 Å². The standard InChI is InChI=1S/C32H35N3O5/c1-22-9-8-10-24(17-22)21-34-27-19-29(40-3)28(39-2)18-26(27)31(37)35(32(34)38)20-23-11-13-25(14-12-23)30(36)33-15-6-4-5-7-16-33/h8-14,17-19H,4-7,15-16,20-21H2,1-3H3. The normalized spacial score (nSPS) is 13.7. The van der Waals surface area contributed by atoms with E-state index in [-0.39, 0.29) is 19.0 Å². The highest BCUT2D eigenvalue weighted by Crippen LogP contribution is 2.30. The van der Waals surface area contributed by atoms with Crippen molar-refractivity contribution < 1.29 is 14.3 Å². The highest BCUT2D eigenvalue weighted by Gasteiger charge is 2.19. The lowest BCUT2D eigenvalue weighted by Crippen LogP contribution is -2.40. The number of rotatable bonds is 7. The maximum absolute atomic E-state index is 13.9. The zero-order valence-electron chi connectivity index (χ0n) is 23.3. The number of ether oxygens (including phenoxy) is 2. The predicted molar refractivity (Wildman–Crippen MR) is 156 cm³/mol. The molecule has 1 fully saturated rings. The van der Waals surface area contributed by atoms with Gasteiger partial charge < -0.3 is 14.4 Å². The summed E-state index contributed by atoms with van der Waals surface area (Å²) in [6.45, 7) is 3.92. The second-order valence-electron chi connectivity index (χ2n) is 10.4. The van der Waals surface area contributed by atoms with E-state index in [1.54, 1.807) is 28.8 Å². The van der Waals surface area contributed by atoms with Crippen molar-refractivity contribution >= 4 is 16.8 Å². The van der Waals surface area contributed by atoms with Crippen LogP contribution < -0.4 is 20.7 Å². The lowest BCUT2D eigenvalue weighted by atomic mass is 10.1. The fourth-order valence-electron chi connectivity index (χ4n) is 5.42. The van der Waals surface area contributed by atoms with Gasteiger partial charge >= 0.3 is 5.69 Å². The van der Waals surface area contributed by atoms with Gasteiger partial charge in [0.15, 0.2) is 11.5 Å². The topological polar surface area (TPSA) is 82.8 Å². The maximum atomic E-state index is 13.9. The Morgan fingerprint density at radius 2 is 1.43 bits per heavy atom. The van der Waals surface area contributed by atoms with Crippen LogP contribution in [-0.4, -0.2) is 47.3 Å². The van der Waals surface area contributed by atoms with Crippen LogP contribution in [-0.2, 0) is 13.1 Å². The molecule has 8 heteroatoms. The summed E-state index contributed by atoms with van der Waals surface area (Å²) in [7, 11) is 3.04. The number of carbonyl (C=O) groups is 1. The van der Waals surface area contributed by atoms with Crippen molar-refractivity contribution in [2.24, 2.45) is 0 Å². The first-order chi connectivity index (χ1) is 19.4. The lowest BCUT2D eigenvalue weighted by Gasteiger charge is -2.20. The maximum Gasteiger partial charge on any atom is 0.332 e. The molecule has 0 N–H and O–H groups in total. The number of hydrogen-bond acceptors (Lipinski definition) is 5. The SMILES string of the molecule is COc1cc2c(=O)n(Cc3ccc(C(=O)N4CCCCCC4)cc3)c(=O)n(Cc3cccc(C)c3)c2cc1OC. The van der Waals surface area contributed by atoms with Gasteiger partial charge in [0.25, 0.3) is 11.5 Å². The molecule has 0 radical (unpaired) electrons. The molecule has 8 nitrogen and oxygen atoms in total. The van der Waals surface area contributed by atoms with E-state index in [4.69, 9.17) is 9.47 Å². The third-order valence-electron chi connectivity index (χ3n) is 7.59. The van der Waals surface area contributed by atoms with E-state index in [1.165, 1.54) is 18.8 Å². The minimum absolute atomic E-state index is 0.0258. The molecule has 1 aromatic heterocycles. The summed E-state index contributed by atoms with van der Waals surface area (Å²) in [5.41, 5.74) is 3.04. The fourth-order valence-corrected chi connectivity index (χ4v) is 5.42. The van der Waals surface area contributed by atoms with Crippen molar-refractivity contribution in [3.8, 4) is 11.5 Å². The molecule has 0 saturated carbocycles. The second kappa shape index (κ2) is 11.8. The zero-order valence-corrected chi connectivity index (χ0v) is 23.3. The van der Waals surface area contributed by atoms with Gasteiger partial charge in [-0.3, -0.25) is 18.7 Å². The Balaban J connectivity index is 1.55. The number of nitrogens with zero attached hydrogens (tertiary/aromatic N) is 3. The Labute approximate surface area is 233 Å². The monoisotopic (exact) mass is 541 g/mol. The van der Waals surface area contributed by atoms with Crippen LogP contribution in [0.25, 0.3) is 10.9 Å². The third-order valence-corrected chi connectivity index (χ3v) is 7.59. The van der Waals surface area contributed by atoms with Gasteiger partial charge in [0.2, 0.25) is 0 Å². The van der Waals surface area contributed by atoms with Gasteiger partial charge in [0.05, 0.1) is 38.2 Å². The number of likely N-dealkylation sites (tertiary alicyclic amines) is 1. The largest absolute Gasteiger partial charge is 0.493 e. The lowest BCUT2D eigenvalue weighted by molar-refractivity contribution is 0.0761. The van der Waals surface area contributed by atoms with Crippen LogP contribution in [0.4, 0.5) is 0 Å². The Morgan fingerprint density at radius 3 is 2.08 bits per heavy atom. The average molecular weight is 542 g/mol. The molecule has 3 aromatic carbocycles. The van der Waals surface area contributed by atoms with Gasteiger partial charge in [-0.2, -0.15) is 0 Å². The molecule has 1 saturated heterocycles. The van der Waals surface area contributed by atoms with Crippen molar-refractivity contribution in [3.63, 3.8) is 0 Å². The Morgan fingerprint density at radius 1 is 0.775 bits per heavy atom. The highest BCUT2D eigenvalue weighted by molar-refractivity contribution is 5.94. The van der Waals surface area contributed by atoms with Gasteiger partial charge in [-0.25, -0.2) is 4.79 Å². The first-order valence-corrected chi connectivity index (χ1v) is 13.7. The predicted octanol–water partition coefficient (Wildman–Crippen LogP) is 4.60. The number of methoxy groups -OCH3 is 2. The van der Waals surface area contributed by atoms with Crippen LogP contribution in [0.2, 0.25) is 0 Å². The molecule has 0 aliphatic carbocycles. The highest BCUT2D eigenvalue weighted by atomic mass is 16.5. The molecule has 208 valence electrons. The molecule has 0 unspecified atom stereocenters. The Bertz CT molecular complexity index is 1640. The summed E-state index contributed by atoms with van der Waals surface area (Å²) in [6.07, 6.45) is 4.37. The summed E-state index contributed by atoms with van der Waals surface area (Å²) in [5.74, 6) is 0.878. The Hall–Kier alpha value is -4.33. The molecular formula is C32H35N3O5. The van der Waals surface area contributed by atoms with Crippen molar-refractivity contribution in [3.05, 3.63) is 104 Å². The molecule has 40 heavy (non-hydrogen) atoms. The smallest absolute Gasteiger partial charge is 0.332 e. The van der Waals surface area contributed by atoms with Gasteiger partial charge in [-0.15, -0.1) is 0 Å². The molecule has 2 heterocycles. The number of fused-ring (bicyclic) bond motifs is 1. The number of benzene rings is 3. The number of hydrogen-bond donors (Lipinski definition) is 0. The third kappa shape index (κ3) is 5.52. The van der Waals surface area contributed by atoms with Crippen LogP contribution >= 0.6 is 0 Å². The first kappa shape index (κ1) is 27.2. The van der Waals surface area contributed by atoms with E-state index < -0.39 is 11.2 Å². The first-order valence-electron chi connectivity index (χ1n) is 13.7. The molecule has 1 aliphatic heterocycles. The van der Waals surface area contributed by atoms with Gasteiger partial charge in [-0.05, 0) is 49.1 Å². The Kier molecular flexibility index (Phi) is 8.05. The van der Waals surface area contributed by atoms with Crippen LogP contribution in [0, 0.1) is 6.92 Å². The number of carbonyl (C=O) groups excluding carboxylic acids is 1. The van der Waals surface area contributed by atoms with E-state index in [2.05, 4.69) is 0 Å². The van der Waals surface area contributed by atoms with Gasteiger partial charge in [-0.1, -0.05) is 54.8 Å².